The molecule has 1 heterocycles. The zero-order valence-corrected chi connectivity index (χ0v) is 14.7. The van der Waals surface area contributed by atoms with Gasteiger partial charge in [-0.05, 0) is 32.0 Å². The molecule has 1 aromatic rings. The Morgan fingerprint density at radius 2 is 1.87 bits per heavy atom. The van der Waals surface area contributed by atoms with Crippen molar-refractivity contribution in [1.82, 2.24) is 14.3 Å². The van der Waals surface area contributed by atoms with Crippen LogP contribution in [0.15, 0.2) is 35.2 Å². The Morgan fingerprint density at radius 3 is 2.52 bits per heavy atom. The lowest BCUT2D eigenvalue weighted by atomic mass is 10.2. The molecule has 0 bridgehead atoms. The van der Waals surface area contributed by atoms with Crippen molar-refractivity contribution in [2.45, 2.75) is 23.8 Å². The monoisotopic (exact) mass is 361 g/mol. The minimum atomic E-state index is -3.68. The minimum absolute atomic E-state index is 0.0456. The van der Waals surface area contributed by atoms with Crippen LogP contribution in [0, 0.1) is 0 Å². The van der Waals surface area contributed by atoms with Crippen LogP contribution in [-0.4, -0.2) is 59.6 Å². The quantitative estimate of drug-likeness (QED) is 0.678. The summed E-state index contributed by atoms with van der Waals surface area (Å²) in [6.07, 6.45) is 1.66. The number of likely N-dealkylation sites (N-methyl/N-ethyl adjacent to an activating group) is 1. The van der Waals surface area contributed by atoms with Gasteiger partial charge in [0, 0.05) is 25.7 Å². The van der Waals surface area contributed by atoms with Crippen molar-refractivity contribution in [3.8, 4) is 0 Å². The maximum atomic E-state index is 12.4. The highest BCUT2D eigenvalue weighted by Crippen LogP contribution is 2.20. The van der Waals surface area contributed by atoms with Gasteiger partial charge in [0.25, 0.3) is 0 Å². The van der Waals surface area contributed by atoms with Gasteiger partial charge in [0.1, 0.15) is 0 Å². The van der Waals surface area contributed by atoms with E-state index in [1.807, 2.05) is 0 Å². The van der Waals surface area contributed by atoms with Crippen molar-refractivity contribution in [3.05, 3.63) is 30.3 Å². The SMILES string of the molecule is CNCC1CCCN1S(=O)(=O)CCNS(=O)(=O)c1ccccc1. The molecule has 1 unspecified atom stereocenters. The van der Waals surface area contributed by atoms with Gasteiger partial charge in [-0.2, -0.15) is 4.31 Å². The van der Waals surface area contributed by atoms with E-state index in [2.05, 4.69) is 10.0 Å². The van der Waals surface area contributed by atoms with Gasteiger partial charge in [-0.25, -0.2) is 21.6 Å². The first-order valence-corrected chi connectivity index (χ1v) is 10.6. The molecule has 0 spiro atoms. The zero-order valence-electron chi connectivity index (χ0n) is 13.1. The number of hydrogen-bond acceptors (Lipinski definition) is 5. The maximum absolute atomic E-state index is 12.4. The predicted octanol–water partition coefficient (Wildman–Crippen LogP) is -0.0215. The maximum Gasteiger partial charge on any atom is 0.240 e. The lowest BCUT2D eigenvalue weighted by Gasteiger charge is -2.23. The van der Waals surface area contributed by atoms with Gasteiger partial charge < -0.3 is 5.32 Å². The van der Waals surface area contributed by atoms with Gasteiger partial charge >= 0.3 is 0 Å². The van der Waals surface area contributed by atoms with Crippen molar-refractivity contribution in [2.75, 3.05) is 32.4 Å². The normalized spacial score (nSPS) is 20.0. The molecule has 0 radical (unpaired) electrons. The van der Waals surface area contributed by atoms with E-state index in [1.165, 1.54) is 16.4 Å². The number of nitrogens with zero attached hydrogens (tertiary/aromatic N) is 1. The van der Waals surface area contributed by atoms with Gasteiger partial charge in [-0.1, -0.05) is 18.2 Å². The molecule has 1 saturated heterocycles. The molecular weight excluding hydrogens is 338 g/mol. The minimum Gasteiger partial charge on any atom is -0.318 e. The summed E-state index contributed by atoms with van der Waals surface area (Å²) in [5, 5.41) is 3.00. The fraction of sp³-hybridized carbons (Fsp3) is 0.571. The molecule has 130 valence electrons. The first-order chi connectivity index (χ1) is 10.9. The third kappa shape index (κ3) is 4.74. The average molecular weight is 361 g/mol. The van der Waals surface area contributed by atoms with Crippen molar-refractivity contribution < 1.29 is 16.8 Å². The molecule has 1 atom stereocenters. The highest BCUT2D eigenvalue weighted by atomic mass is 32.2. The molecule has 1 aromatic carbocycles. The molecule has 9 heteroatoms. The summed E-state index contributed by atoms with van der Waals surface area (Å²) in [7, 11) is -5.36. The molecule has 2 N–H and O–H groups in total. The first-order valence-electron chi connectivity index (χ1n) is 7.55. The van der Waals surface area contributed by atoms with Crippen molar-refractivity contribution >= 4 is 20.0 Å². The Balaban J connectivity index is 1.95. The van der Waals surface area contributed by atoms with Crippen molar-refractivity contribution in [3.63, 3.8) is 0 Å². The van der Waals surface area contributed by atoms with Crippen LogP contribution in [0.1, 0.15) is 12.8 Å². The van der Waals surface area contributed by atoms with Crippen molar-refractivity contribution in [2.24, 2.45) is 0 Å². The molecule has 1 fully saturated rings. The fourth-order valence-corrected chi connectivity index (χ4v) is 5.54. The smallest absolute Gasteiger partial charge is 0.240 e. The summed E-state index contributed by atoms with van der Waals surface area (Å²) in [5.41, 5.74) is 0. The van der Waals surface area contributed by atoms with E-state index in [1.54, 1.807) is 25.2 Å². The molecule has 0 saturated carbocycles. The third-order valence-corrected chi connectivity index (χ3v) is 7.22. The standard InChI is InChI=1S/C14H23N3O4S2/c1-15-12-13-6-5-10-17(13)22(18,19)11-9-16-23(20,21)14-7-3-2-4-8-14/h2-4,7-8,13,15-16H,5-6,9-12H2,1H3. The van der Waals surface area contributed by atoms with Crippen LogP contribution in [0.4, 0.5) is 0 Å². The summed E-state index contributed by atoms with van der Waals surface area (Å²) >= 11 is 0. The molecule has 1 aliphatic heterocycles. The van der Waals surface area contributed by atoms with E-state index in [0.717, 1.165) is 12.8 Å². The van der Waals surface area contributed by atoms with Crippen LogP contribution >= 0.6 is 0 Å². The molecule has 23 heavy (non-hydrogen) atoms. The predicted molar refractivity (Wildman–Crippen MR) is 89.1 cm³/mol. The summed E-state index contributed by atoms with van der Waals surface area (Å²) < 4.78 is 52.8. The van der Waals surface area contributed by atoms with Gasteiger partial charge in [-0.3, -0.25) is 0 Å². The second-order valence-corrected chi connectivity index (χ2v) is 9.30. The van der Waals surface area contributed by atoms with Crippen LogP contribution in [-0.2, 0) is 20.0 Å². The Kier molecular flexibility index (Phi) is 6.15. The van der Waals surface area contributed by atoms with E-state index in [4.69, 9.17) is 0 Å². The fourth-order valence-electron chi connectivity index (χ4n) is 2.72. The van der Waals surface area contributed by atoms with Crippen LogP contribution in [0.5, 0.6) is 0 Å². The lowest BCUT2D eigenvalue weighted by molar-refractivity contribution is 0.379. The Labute approximate surface area is 138 Å². The zero-order chi connectivity index (χ0) is 16.9. The first kappa shape index (κ1) is 18.3. The van der Waals surface area contributed by atoms with E-state index in [0.29, 0.717) is 13.1 Å². The van der Waals surface area contributed by atoms with E-state index in [-0.39, 0.29) is 23.2 Å². The summed E-state index contributed by atoms with van der Waals surface area (Å²) in [6, 6.07) is 7.87. The number of nitrogens with one attached hydrogen (secondary N) is 2. The highest BCUT2D eigenvalue weighted by molar-refractivity contribution is 7.90. The molecule has 7 nitrogen and oxygen atoms in total. The van der Waals surface area contributed by atoms with E-state index >= 15 is 0 Å². The Bertz CT molecular complexity index is 705. The number of hydrogen-bond donors (Lipinski definition) is 2. The molecule has 0 amide bonds. The molecule has 2 rings (SSSR count). The second-order valence-electron chi connectivity index (χ2n) is 5.49. The van der Waals surface area contributed by atoms with Crippen LogP contribution in [0.2, 0.25) is 0 Å². The summed E-state index contributed by atoms with van der Waals surface area (Å²) in [6.45, 7) is 0.970. The lowest BCUT2D eigenvalue weighted by Crippen LogP contribution is -2.43. The van der Waals surface area contributed by atoms with E-state index < -0.39 is 20.0 Å². The topological polar surface area (TPSA) is 95.6 Å². The molecule has 0 aromatic heterocycles. The Hall–Kier alpha value is -1.00. The van der Waals surface area contributed by atoms with Gasteiger partial charge in [-0.15, -0.1) is 0 Å². The van der Waals surface area contributed by atoms with Crippen LogP contribution < -0.4 is 10.0 Å². The van der Waals surface area contributed by atoms with Crippen LogP contribution in [0.25, 0.3) is 0 Å². The summed E-state index contributed by atoms with van der Waals surface area (Å²) in [5.74, 6) is -0.237. The van der Waals surface area contributed by atoms with Gasteiger partial charge in [0.15, 0.2) is 0 Å². The number of benzene rings is 1. The van der Waals surface area contributed by atoms with Crippen LogP contribution in [0.3, 0.4) is 0 Å². The number of rotatable bonds is 8. The number of sulfonamides is 2. The molecule has 0 aliphatic carbocycles. The average Bonchev–Trinajstić information content (AvgIpc) is 2.97. The van der Waals surface area contributed by atoms with Gasteiger partial charge in [0.2, 0.25) is 20.0 Å². The summed E-state index contributed by atoms with van der Waals surface area (Å²) in [4.78, 5) is 0.131. The second kappa shape index (κ2) is 7.71. The van der Waals surface area contributed by atoms with Gasteiger partial charge in [0.05, 0.1) is 10.6 Å². The van der Waals surface area contributed by atoms with E-state index in [9.17, 15) is 16.8 Å². The molecular formula is C14H23N3O4S2. The molecule has 1 aliphatic rings. The van der Waals surface area contributed by atoms with Crippen molar-refractivity contribution in [1.29, 1.82) is 0 Å². The highest BCUT2D eigenvalue weighted by Gasteiger charge is 2.33. The third-order valence-electron chi connectivity index (χ3n) is 3.83. The largest absolute Gasteiger partial charge is 0.318 e. The Morgan fingerprint density at radius 1 is 1.17 bits per heavy atom.